The maximum Gasteiger partial charge on any atom is 0.407 e. The molecule has 0 aliphatic carbocycles. The normalized spacial score (nSPS) is 23.4. The first-order valence-corrected chi connectivity index (χ1v) is 5.96. The number of nitrogens with zero attached hydrogens (tertiary/aromatic N) is 2. The summed E-state index contributed by atoms with van der Waals surface area (Å²) < 4.78 is 5.17. The van der Waals surface area contributed by atoms with Gasteiger partial charge < -0.3 is 20.5 Å². The van der Waals surface area contributed by atoms with Gasteiger partial charge in [0.1, 0.15) is 5.60 Å². The van der Waals surface area contributed by atoms with Crippen molar-refractivity contribution in [3.8, 4) is 0 Å². The SMILES string of the molecule is CC(C)(C)OC(=O)NC1CCCNC1CO.N#N. The van der Waals surface area contributed by atoms with Crippen LogP contribution in [0.5, 0.6) is 0 Å². The second-order valence-corrected chi connectivity index (χ2v) is 5.14. The van der Waals surface area contributed by atoms with E-state index in [2.05, 4.69) is 10.6 Å². The Bertz CT molecular complexity index is 275. The third kappa shape index (κ3) is 6.37. The van der Waals surface area contributed by atoms with Crippen molar-refractivity contribution in [1.29, 1.82) is 10.8 Å². The molecule has 0 saturated carbocycles. The second-order valence-electron chi connectivity index (χ2n) is 5.14. The van der Waals surface area contributed by atoms with Gasteiger partial charge in [0.05, 0.1) is 12.6 Å². The van der Waals surface area contributed by atoms with Crippen molar-refractivity contribution in [2.45, 2.75) is 51.3 Å². The van der Waals surface area contributed by atoms with Crippen molar-refractivity contribution in [3.05, 3.63) is 0 Å². The summed E-state index contributed by atoms with van der Waals surface area (Å²) in [5, 5.41) is 27.1. The van der Waals surface area contributed by atoms with E-state index in [1.54, 1.807) is 0 Å². The summed E-state index contributed by atoms with van der Waals surface area (Å²) in [4.78, 5) is 11.5. The molecule has 0 aromatic rings. The lowest BCUT2D eigenvalue weighted by Crippen LogP contribution is -2.55. The average Bonchev–Trinajstić information content (AvgIpc) is 2.30. The summed E-state index contributed by atoms with van der Waals surface area (Å²) in [5.74, 6) is 0. The van der Waals surface area contributed by atoms with E-state index in [0.717, 1.165) is 19.4 Å². The molecular formula is C11H22N4O3. The summed E-state index contributed by atoms with van der Waals surface area (Å²) in [7, 11) is 0. The highest BCUT2D eigenvalue weighted by Crippen LogP contribution is 2.11. The lowest BCUT2D eigenvalue weighted by Gasteiger charge is -2.32. The average molecular weight is 258 g/mol. The molecule has 1 amide bonds. The smallest absolute Gasteiger partial charge is 0.407 e. The van der Waals surface area contributed by atoms with Crippen LogP contribution in [0, 0.1) is 10.8 Å². The molecule has 18 heavy (non-hydrogen) atoms. The molecule has 1 aliphatic rings. The van der Waals surface area contributed by atoms with Crippen molar-refractivity contribution < 1.29 is 14.6 Å². The molecule has 0 radical (unpaired) electrons. The lowest BCUT2D eigenvalue weighted by atomic mass is 9.99. The van der Waals surface area contributed by atoms with Crippen molar-refractivity contribution in [1.82, 2.24) is 10.6 Å². The first-order valence-electron chi connectivity index (χ1n) is 5.96. The Morgan fingerprint density at radius 2 is 2.11 bits per heavy atom. The zero-order valence-electron chi connectivity index (χ0n) is 11.1. The fourth-order valence-corrected chi connectivity index (χ4v) is 1.78. The van der Waals surface area contributed by atoms with Gasteiger partial charge in [0.2, 0.25) is 0 Å². The molecule has 104 valence electrons. The first-order chi connectivity index (χ1) is 8.42. The molecule has 0 bridgehead atoms. The molecule has 3 N–H and O–H groups in total. The maximum absolute atomic E-state index is 11.5. The van der Waals surface area contributed by atoms with Crippen LogP contribution in [0.4, 0.5) is 4.79 Å². The van der Waals surface area contributed by atoms with E-state index in [1.165, 1.54) is 0 Å². The quantitative estimate of drug-likeness (QED) is 0.626. The summed E-state index contributed by atoms with van der Waals surface area (Å²) in [6.45, 7) is 6.40. The van der Waals surface area contributed by atoms with Crippen LogP contribution in [0.3, 0.4) is 0 Å². The monoisotopic (exact) mass is 258 g/mol. The van der Waals surface area contributed by atoms with Crippen LogP contribution in [-0.4, -0.2) is 42.0 Å². The predicted octanol–water partition coefficient (Wildman–Crippen LogP) is 0.654. The minimum absolute atomic E-state index is 0.0282. The van der Waals surface area contributed by atoms with Crippen LogP contribution < -0.4 is 10.6 Å². The van der Waals surface area contributed by atoms with Gasteiger partial charge in [0, 0.05) is 16.8 Å². The van der Waals surface area contributed by atoms with Crippen LogP contribution in [0.25, 0.3) is 0 Å². The maximum atomic E-state index is 11.5. The number of carbonyl (C=O) groups excluding carboxylic acids is 1. The van der Waals surface area contributed by atoms with Crippen molar-refractivity contribution in [2.24, 2.45) is 0 Å². The molecule has 1 rings (SSSR count). The highest BCUT2D eigenvalue weighted by molar-refractivity contribution is 5.68. The standard InChI is InChI=1S/C11H22N2O3.N2/c1-11(2,3)16-10(15)13-8-5-4-6-12-9(8)7-14;1-2/h8-9,12,14H,4-7H2,1-3H3,(H,13,15);. The van der Waals surface area contributed by atoms with Crippen LogP contribution in [0.15, 0.2) is 0 Å². The molecule has 0 spiro atoms. The van der Waals surface area contributed by atoms with E-state index < -0.39 is 11.7 Å². The number of ether oxygens (including phenoxy) is 1. The summed E-state index contributed by atoms with van der Waals surface area (Å²) >= 11 is 0. The van der Waals surface area contributed by atoms with Gasteiger partial charge in [-0.3, -0.25) is 0 Å². The molecule has 7 heteroatoms. The Morgan fingerprint density at radius 1 is 1.50 bits per heavy atom. The van der Waals surface area contributed by atoms with Crippen molar-refractivity contribution >= 4 is 6.09 Å². The molecule has 1 saturated heterocycles. The fourth-order valence-electron chi connectivity index (χ4n) is 1.78. The minimum Gasteiger partial charge on any atom is -0.444 e. The van der Waals surface area contributed by atoms with Gasteiger partial charge in [-0.2, -0.15) is 0 Å². The topological polar surface area (TPSA) is 118 Å². The largest absolute Gasteiger partial charge is 0.444 e. The highest BCUT2D eigenvalue weighted by atomic mass is 16.6. The number of aliphatic hydroxyl groups is 1. The van der Waals surface area contributed by atoms with Gasteiger partial charge in [0.15, 0.2) is 0 Å². The first kappa shape index (κ1) is 16.6. The lowest BCUT2D eigenvalue weighted by molar-refractivity contribution is 0.0468. The summed E-state index contributed by atoms with van der Waals surface area (Å²) in [5.41, 5.74) is -0.485. The third-order valence-corrected chi connectivity index (χ3v) is 2.48. The summed E-state index contributed by atoms with van der Waals surface area (Å²) in [6, 6.07) is -0.116. The molecule has 2 atom stereocenters. The molecule has 7 nitrogen and oxygen atoms in total. The predicted molar refractivity (Wildman–Crippen MR) is 64.7 cm³/mol. The Labute approximate surface area is 107 Å². The number of carbonyl (C=O) groups is 1. The Kier molecular flexibility index (Phi) is 7.24. The van der Waals surface area contributed by atoms with Gasteiger partial charge in [-0.25, -0.2) is 4.79 Å². The number of hydrogen-bond acceptors (Lipinski definition) is 6. The van der Waals surface area contributed by atoms with E-state index in [4.69, 9.17) is 20.6 Å². The molecular weight excluding hydrogens is 236 g/mol. The van der Waals surface area contributed by atoms with E-state index in [-0.39, 0.29) is 18.7 Å². The van der Waals surface area contributed by atoms with Gasteiger partial charge >= 0.3 is 6.09 Å². The second kappa shape index (κ2) is 7.84. The number of nitrogens with one attached hydrogen (secondary N) is 2. The molecule has 1 heterocycles. The van der Waals surface area contributed by atoms with Crippen LogP contribution in [0.1, 0.15) is 33.6 Å². The zero-order valence-corrected chi connectivity index (χ0v) is 11.1. The van der Waals surface area contributed by atoms with Gasteiger partial charge in [-0.05, 0) is 40.2 Å². The van der Waals surface area contributed by atoms with Crippen LogP contribution >= 0.6 is 0 Å². The van der Waals surface area contributed by atoms with Gasteiger partial charge in [-0.15, -0.1) is 0 Å². The van der Waals surface area contributed by atoms with E-state index in [9.17, 15) is 4.79 Å². The van der Waals surface area contributed by atoms with Gasteiger partial charge in [0.25, 0.3) is 0 Å². The number of amides is 1. The number of piperidine rings is 1. The zero-order chi connectivity index (χ0) is 14.2. The molecule has 1 fully saturated rings. The van der Waals surface area contributed by atoms with E-state index >= 15 is 0 Å². The highest BCUT2D eigenvalue weighted by Gasteiger charge is 2.27. The molecule has 0 aromatic carbocycles. The number of rotatable bonds is 2. The Morgan fingerprint density at radius 3 is 2.61 bits per heavy atom. The van der Waals surface area contributed by atoms with Crippen molar-refractivity contribution in [2.75, 3.05) is 13.2 Å². The Balaban J connectivity index is 0.00000137. The fraction of sp³-hybridized carbons (Fsp3) is 0.909. The van der Waals surface area contributed by atoms with Crippen LogP contribution in [-0.2, 0) is 4.74 Å². The minimum atomic E-state index is -0.485. The van der Waals surface area contributed by atoms with E-state index in [1.807, 2.05) is 20.8 Å². The Hall–Kier alpha value is -1.39. The van der Waals surface area contributed by atoms with Gasteiger partial charge in [-0.1, -0.05) is 0 Å². The number of hydrogen-bond donors (Lipinski definition) is 3. The number of aliphatic hydroxyl groups excluding tert-OH is 1. The van der Waals surface area contributed by atoms with Crippen molar-refractivity contribution in [3.63, 3.8) is 0 Å². The van der Waals surface area contributed by atoms with Crippen LogP contribution in [0.2, 0.25) is 0 Å². The number of alkyl carbamates (subject to hydrolysis) is 1. The molecule has 0 aromatic heterocycles. The molecule has 2 unspecified atom stereocenters. The van der Waals surface area contributed by atoms with E-state index in [0.29, 0.717) is 0 Å². The summed E-state index contributed by atoms with van der Waals surface area (Å²) in [6.07, 6.45) is 1.45. The third-order valence-electron chi connectivity index (χ3n) is 2.48. The molecule has 1 aliphatic heterocycles.